The van der Waals surface area contributed by atoms with E-state index >= 15 is 0 Å². The Labute approximate surface area is 341 Å². The lowest BCUT2D eigenvalue weighted by Gasteiger charge is -2.07. The summed E-state index contributed by atoms with van der Waals surface area (Å²) in [4.78, 5) is 0. The monoisotopic (exact) mass is 846 g/mol. The van der Waals surface area contributed by atoms with Gasteiger partial charge in [0.15, 0.2) is 8.86 Å². The van der Waals surface area contributed by atoms with Crippen LogP contribution in [0.5, 0.6) is 11.5 Å². The third kappa shape index (κ3) is 30.6. The summed E-state index contributed by atoms with van der Waals surface area (Å²) in [7, 11) is 0. The molecule has 0 aliphatic heterocycles. The summed E-state index contributed by atoms with van der Waals surface area (Å²) in [5.41, 5.74) is 2.90. The van der Waals surface area contributed by atoms with E-state index in [9.17, 15) is 0 Å². The fourth-order valence-electron chi connectivity index (χ4n) is 7.30. The first-order valence-corrected chi connectivity index (χ1v) is 26.3. The minimum atomic E-state index is 0.102. The van der Waals surface area contributed by atoms with Gasteiger partial charge in [0.05, 0.1) is 13.2 Å². The Bertz CT molecular complexity index is 922. The van der Waals surface area contributed by atoms with Gasteiger partial charge in [-0.25, -0.2) is 0 Å². The zero-order chi connectivity index (χ0) is 37.5. The summed E-state index contributed by atoms with van der Waals surface area (Å²) < 4.78 is 14.5. The summed E-state index contributed by atoms with van der Waals surface area (Å²) in [5.74, 6) is 2.06. The number of unbranched alkanes of at least 4 members (excludes halogenated alkanes) is 30. The molecule has 53 heavy (non-hydrogen) atoms. The van der Waals surface area contributed by atoms with Gasteiger partial charge in [0, 0.05) is 0 Å². The van der Waals surface area contributed by atoms with Crippen molar-refractivity contribution in [3.63, 3.8) is 0 Å². The van der Waals surface area contributed by atoms with Gasteiger partial charge in [0.25, 0.3) is 21.2 Å². The lowest BCUT2D eigenvalue weighted by Crippen LogP contribution is -3.61. The third-order valence-corrected chi connectivity index (χ3v) is 13.7. The van der Waals surface area contributed by atoms with Crippen LogP contribution in [0.2, 0.25) is 0 Å². The van der Waals surface area contributed by atoms with Crippen LogP contribution >= 0.6 is 0 Å². The molecule has 0 atom stereocenters. The van der Waals surface area contributed by atoms with Crippen molar-refractivity contribution in [2.45, 2.75) is 228 Å². The summed E-state index contributed by atoms with van der Waals surface area (Å²) in [6.45, 7) is 6.30. The van der Waals surface area contributed by atoms with Crippen LogP contribution in [0.25, 0.3) is 0 Å². The minimum absolute atomic E-state index is 0.102. The molecule has 0 aromatic heterocycles. The van der Waals surface area contributed by atoms with Crippen molar-refractivity contribution >= 4 is 0 Å². The van der Waals surface area contributed by atoms with Crippen molar-refractivity contribution in [1.82, 2.24) is 0 Å². The smallest absolute Gasteiger partial charge is 0.278 e. The number of hydrogen-bond donors (Lipinski definition) is 0. The number of alkyl halides is 2. The average Bonchev–Trinajstić information content (AvgIpc) is 3.18. The molecule has 2 rings (SSSR count). The van der Waals surface area contributed by atoms with E-state index in [1.807, 2.05) is 0 Å². The maximum Gasteiger partial charge on any atom is 0.278 e. The van der Waals surface area contributed by atoms with Gasteiger partial charge >= 0.3 is 0 Å². The van der Waals surface area contributed by atoms with Crippen molar-refractivity contribution in [1.29, 1.82) is 0 Å². The van der Waals surface area contributed by atoms with E-state index in [4.69, 9.17) is 9.47 Å². The molecule has 0 unspecified atom stereocenters. The van der Waals surface area contributed by atoms with Gasteiger partial charge in [0.1, 0.15) is 11.5 Å². The molecule has 0 spiro atoms. The lowest BCUT2D eigenvalue weighted by atomic mass is 10.0. The molecule has 2 aromatic carbocycles. The lowest BCUT2D eigenvalue weighted by molar-refractivity contribution is -0.686. The number of halogens is 1. The Morgan fingerprint density at radius 3 is 0.774 bits per heavy atom. The second kappa shape index (κ2) is 37.7. The predicted molar refractivity (Wildman–Crippen MR) is 230 cm³/mol. The van der Waals surface area contributed by atoms with E-state index in [-0.39, 0.29) is 21.2 Å². The van der Waals surface area contributed by atoms with Crippen LogP contribution in [-0.4, -0.2) is 13.2 Å². The zero-order valence-electron chi connectivity index (χ0n) is 35.3. The molecule has 2 aromatic rings. The average molecular weight is 846 g/mol. The van der Waals surface area contributed by atoms with E-state index in [0.717, 1.165) is 24.7 Å². The minimum Gasteiger partial charge on any atom is -0.494 e. The first-order chi connectivity index (χ1) is 26.3. The van der Waals surface area contributed by atoms with E-state index in [0.29, 0.717) is 0 Å². The van der Waals surface area contributed by atoms with Crippen molar-refractivity contribution < 1.29 is 30.7 Å². The van der Waals surface area contributed by atoms with Gasteiger partial charge in [-0.2, -0.15) is 0 Å². The quantitative estimate of drug-likeness (QED) is 0.0378. The zero-order valence-corrected chi connectivity index (χ0v) is 37.4. The topological polar surface area (TPSA) is 18.5 Å². The standard InChI is InChI=1S/C50H86IO2/c1-3-5-7-9-11-13-15-17-19-21-23-25-27-29-31-33-43-52-49-39-35-47(36-40-49)45-51-46-48-37-41-50(42-38-48)53-44-34-32-30-28-26-24-22-20-18-16-14-12-10-8-6-4-2/h35-42H,3-34,43-46H2,1-2H3/q+1. The molecule has 0 heterocycles. The fourth-order valence-corrected chi connectivity index (χ4v) is 9.83. The van der Waals surface area contributed by atoms with E-state index in [1.165, 1.54) is 225 Å². The highest BCUT2D eigenvalue weighted by molar-refractivity contribution is 5.27. The third-order valence-electron chi connectivity index (χ3n) is 10.9. The highest BCUT2D eigenvalue weighted by Crippen LogP contribution is 2.17. The largest absolute Gasteiger partial charge is 0.494 e. The van der Waals surface area contributed by atoms with Crippen molar-refractivity contribution in [2.24, 2.45) is 0 Å². The number of rotatable bonds is 40. The first-order valence-electron chi connectivity index (χ1n) is 23.3. The van der Waals surface area contributed by atoms with Gasteiger partial charge in [-0.3, -0.25) is 0 Å². The van der Waals surface area contributed by atoms with Crippen LogP contribution < -0.4 is 30.7 Å². The van der Waals surface area contributed by atoms with Gasteiger partial charge in [-0.1, -0.05) is 231 Å². The molecule has 0 fully saturated rings. The first kappa shape index (κ1) is 47.9. The van der Waals surface area contributed by atoms with E-state index in [1.54, 1.807) is 0 Å². The molecule has 3 heteroatoms. The Morgan fingerprint density at radius 2 is 0.528 bits per heavy atom. The summed E-state index contributed by atoms with van der Waals surface area (Å²) in [5, 5.41) is 0. The van der Waals surface area contributed by atoms with Gasteiger partial charge in [0.2, 0.25) is 0 Å². The maximum atomic E-state index is 6.05. The molecule has 2 nitrogen and oxygen atoms in total. The Balaban J connectivity index is 1.34. The molecule has 304 valence electrons. The molecule has 0 N–H and O–H groups in total. The van der Waals surface area contributed by atoms with E-state index < -0.39 is 0 Å². The van der Waals surface area contributed by atoms with Gasteiger partial charge in [-0.05, 0) is 48.2 Å². The molecule has 0 saturated heterocycles. The molecular weight excluding hydrogens is 759 g/mol. The molecule has 0 bridgehead atoms. The maximum absolute atomic E-state index is 6.05. The Kier molecular flexibility index (Phi) is 34.1. The number of ether oxygens (including phenoxy) is 2. The highest BCUT2D eigenvalue weighted by Gasteiger charge is 2.10. The molecular formula is C50H86IO2+. The van der Waals surface area contributed by atoms with Gasteiger partial charge < -0.3 is 9.47 Å². The fraction of sp³-hybridized carbons (Fsp3) is 0.760. The normalized spacial score (nSPS) is 11.4. The van der Waals surface area contributed by atoms with Crippen molar-refractivity contribution in [3.8, 4) is 11.5 Å². The number of benzene rings is 2. The van der Waals surface area contributed by atoms with E-state index in [2.05, 4.69) is 62.4 Å². The molecule has 0 aliphatic carbocycles. The van der Waals surface area contributed by atoms with Crippen LogP contribution in [0.3, 0.4) is 0 Å². The molecule has 0 amide bonds. The predicted octanol–water partition coefficient (Wildman–Crippen LogP) is 13.8. The molecule has 0 aliphatic rings. The van der Waals surface area contributed by atoms with Gasteiger partial charge in [-0.15, -0.1) is 0 Å². The molecule has 0 radical (unpaired) electrons. The van der Waals surface area contributed by atoms with Crippen LogP contribution in [0.15, 0.2) is 48.5 Å². The second-order valence-corrected chi connectivity index (χ2v) is 18.7. The van der Waals surface area contributed by atoms with Crippen LogP contribution in [0, 0.1) is 0 Å². The number of hydrogen-bond acceptors (Lipinski definition) is 2. The highest BCUT2D eigenvalue weighted by atomic mass is 127. The van der Waals surface area contributed by atoms with Crippen LogP contribution in [0.1, 0.15) is 230 Å². The van der Waals surface area contributed by atoms with Crippen molar-refractivity contribution in [3.05, 3.63) is 59.7 Å². The summed E-state index contributed by atoms with van der Waals surface area (Å²) >= 11 is 0.102. The van der Waals surface area contributed by atoms with Crippen LogP contribution in [-0.2, 0) is 8.86 Å². The second-order valence-electron chi connectivity index (χ2n) is 16.0. The summed E-state index contributed by atoms with van der Waals surface area (Å²) in [6.07, 6.45) is 45.0. The Hall–Kier alpha value is -1.23. The Morgan fingerprint density at radius 1 is 0.302 bits per heavy atom. The SMILES string of the molecule is CCCCCCCCCCCCCCCCCCOc1ccc(C[I+]Cc2ccc(OCCCCCCCCCCCCCCCCCC)cc2)cc1. The summed E-state index contributed by atoms with van der Waals surface area (Å²) in [6, 6.07) is 17.8. The van der Waals surface area contributed by atoms with Crippen molar-refractivity contribution in [2.75, 3.05) is 13.2 Å². The molecule has 0 saturated carbocycles. The van der Waals surface area contributed by atoms with Crippen LogP contribution in [0.4, 0.5) is 0 Å².